The Bertz CT molecular complexity index is 461. The van der Waals surface area contributed by atoms with Gasteiger partial charge < -0.3 is 10.1 Å². The highest BCUT2D eigenvalue weighted by atomic mass is 79.9. The number of ether oxygens (including phenoxy) is 1. The van der Waals surface area contributed by atoms with Crippen LogP contribution >= 0.6 is 15.9 Å². The summed E-state index contributed by atoms with van der Waals surface area (Å²) in [5.74, 6) is 2.64. The van der Waals surface area contributed by atoms with Crippen molar-refractivity contribution in [3.63, 3.8) is 0 Å². The third-order valence-corrected chi connectivity index (χ3v) is 4.30. The maximum Gasteiger partial charge on any atom is 0.160 e. The lowest BCUT2D eigenvalue weighted by molar-refractivity contribution is 0.0573. The quantitative estimate of drug-likeness (QED) is 0.803. The van der Waals surface area contributed by atoms with Gasteiger partial charge in [-0.2, -0.15) is 0 Å². The summed E-state index contributed by atoms with van der Waals surface area (Å²) in [5, 5.41) is 3.39. The molecule has 1 aromatic rings. The van der Waals surface area contributed by atoms with Crippen LogP contribution in [0.25, 0.3) is 0 Å². The Kier molecular flexibility index (Phi) is 5.38. The number of anilines is 1. The van der Waals surface area contributed by atoms with Crippen molar-refractivity contribution in [1.82, 2.24) is 9.97 Å². The van der Waals surface area contributed by atoms with Crippen molar-refractivity contribution >= 4 is 21.7 Å². The number of halogens is 1. The summed E-state index contributed by atoms with van der Waals surface area (Å²) in [4.78, 5) is 9.45. The fraction of sp³-hybridized carbons (Fsp3) is 0.733. The molecule has 1 atom stereocenters. The number of rotatable bonds is 7. The predicted molar refractivity (Wildman–Crippen MR) is 85.1 cm³/mol. The first-order valence-corrected chi connectivity index (χ1v) is 8.21. The highest BCUT2D eigenvalue weighted by Crippen LogP contribution is 2.44. The first kappa shape index (κ1) is 15.7. The Hall–Kier alpha value is -0.680. The molecule has 5 heteroatoms. The molecule has 1 heterocycles. The molecule has 0 aromatic carbocycles. The number of hydrogen-bond acceptors (Lipinski definition) is 4. The predicted octanol–water partition coefficient (Wildman–Crippen LogP) is 4.28. The zero-order valence-corrected chi connectivity index (χ0v) is 14.3. The smallest absolute Gasteiger partial charge is 0.160 e. The largest absolute Gasteiger partial charge is 0.373 e. The van der Waals surface area contributed by atoms with Gasteiger partial charge in [-0.1, -0.05) is 20.8 Å². The minimum atomic E-state index is -0.0530. The van der Waals surface area contributed by atoms with Crippen molar-refractivity contribution in [2.24, 2.45) is 5.92 Å². The molecule has 0 amide bonds. The molecule has 0 saturated heterocycles. The number of aromatic nitrogens is 2. The van der Waals surface area contributed by atoms with Crippen LogP contribution in [0.2, 0.25) is 0 Å². The second kappa shape index (κ2) is 6.85. The van der Waals surface area contributed by atoms with E-state index in [1.807, 2.05) is 0 Å². The summed E-state index contributed by atoms with van der Waals surface area (Å²) in [6.07, 6.45) is 3.47. The highest BCUT2D eigenvalue weighted by molar-refractivity contribution is 9.10. The molecule has 0 aliphatic heterocycles. The average molecular weight is 342 g/mol. The van der Waals surface area contributed by atoms with Crippen LogP contribution in [0.5, 0.6) is 0 Å². The van der Waals surface area contributed by atoms with E-state index in [-0.39, 0.29) is 6.10 Å². The summed E-state index contributed by atoms with van der Waals surface area (Å²) < 4.78 is 6.61. The van der Waals surface area contributed by atoms with Gasteiger partial charge in [-0.3, -0.25) is 0 Å². The van der Waals surface area contributed by atoms with E-state index < -0.39 is 0 Å². The second-order valence-electron chi connectivity index (χ2n) is 5.73. The van der Waals surface area contributed by atoms with Crippen LogP contribution in [0.3, 0.4) is 0 Å². The molecule has 0 spiro atoms. The van der Waals surface area contributed by atoms with Gasteiger partial charge in [-0.25, -0.2) is 9.97 Å². The second-order valence-corrected chi connectivity index (χ2v) is 6.52. The van der Waals surface area contributed by atoms with Crippen LogP contribution < -0.4 is 5.32 Å². The third kappa shape index (κ3) is 3.50. The molecule has 1 unspecified atom stereocenters. The summed E-state index contributed by atoms with van der Waals surface area (Å²) >= 11 is 3.67. The first-order chi connectivity index (χ1) is 9.58. The Morgan fingerprint density at radius 2 is 2.05 bits per heavy atom. The fourth-order valence-electron chi connectivity index (χ4n) is 2.27. The van der Waals surface area contributed by atoms with E-state index in [1.54, 1.807) is 7.11 Å². The lowest BCUT2D eigenvalue weighted by atomic mass is 10.1. The number of nitrogens with one attached hydrogen (secondary N) is 1. The molecule has 0 bridgehead atoms. The SMILES string of the molecule is CCCNc1nc(C(OC)C(C)C)nc(C2CC2)c1Br. The van der Waals surface area contributed by atoms with E-state index in [0.717, 1.165) is 34.8 Å². The van der Waals surface area contributed by atoms with Gasteiger partial charge in [0.2, 0.25) is 0 Å². The van der Waals surface area contributed by atoms with Gasteiger partial charge in [0.25, 0.3) is 0 Å². The molecular weight excluding hydrogens is 318 g/mol. The van der Waals surface area contributed by atoms with Crippen molar-refractivity contribution in [2.75, 3.05) is 19.0 Å². The van der Waals surface area contributed by atoms with E-state index in [1.165, 1.54) is 12.8 Å². The molecule has 1 N–H and O–H groups in total. The van der Waals surface area contributed by atoms with Crippen molar-refractivity contribution in [1.29, 1.82) is 0 Å². The summed E-state index contributed by atoms with van der Waals surface area (Å²) in [6.45, 7) is 7.33. The van der Waals surface area contributed by atoms with E-state index in [2.05, 4.69) is 47.0 Å². The molecule has 1 aliphatic rings. The topological polar surface area (TPSA) is 47.0 Å². The van der Waals surface area contributed by atoms with E-state index >= 15 is 0 Å². The van der Waals surface area contributed by atoms with E-state index in [4.69, 9.17) is 9.72 Å². The maximum absolute atomic E-state index is 5.58. The van der Waals surface area contributed by atoms with Crippen molar-refractivity contribution < 1.29 is 4.74 Å². The summed E-state index contributed by atoms with van der Waals surface area (Å²) in [5.41, 5.74) is 1.14. The fourth-order valence-corrected chi connectivity index (χ4v) is 2.91. The minimum absolute atomic E-state index is 0.0530. The number of hydrogen-bond donors (Lipinski definition) is 1. The van der Waals surface area contributed by atoms with E-state index in [0.29, 0.717) is 11.8 Å². The van der Waals surface area contributed by atoms with Crippen LogP contribution in [0.15, 0.2) is 4.47 Å². The Balaban J connectivity index is 2.38. The molecule has 1 aliphatic carbocycles. The van der Waals surface area contributed by atoms with Gasteiger partial charge in [0, 0.05) is 19.6 Å². The van der Waals surface area contributed by atoms with Gasteiger partial charge in [0.15, 0.2) is 5.82 Å². The van der Waals surface area contributed by atoms with Crippen LogP contribution in [0.1, 0.15) is 63.6 Å². The van der Waals surface area contributed by atoms with Gasteiger partial charge in [-0.05, 0) is 41.1 Å². The van der Waals surface area contributed by atoms with Crippen molar-refractivity contribution in [3.05, 3.63) is 16.0 Å². The molecule has 20 heavy (non-hydrogen) atoms. The number of methoxy groups -OCH3 is 1. The number of nitrogens with zero attached hydrogens (tertiary/aromatic N) is 2. The van der Waals surface area contributed by atoms with Gasteiger partial charge in [0.05, 0.1) is 10.2 Å². The Labute approximate surface area is 129 Å². The van der Waals surface area contributed by atoms with Crippen LogP contribution in [0.4, 0.5) is 5.82 Å². The lowest BCUT2D eigenvalue weighted by Crippen LogP contribution is -2.16. The molecule has 112 valence electrons. The Morgan fingerprint density at radius 3 is 2.55 bits per heavy atom. The highest BCUT2D eigenvalue weighted by Gasteiger charge is 2.31. The van der Waals surface area contributed by atoms with Gasteiger partial charge >= 0.3 is 0 Å². The van der Waals surface area contributed by atoms with Crippen LogP contribution in [-0.2, 0) is 4.74 Å². The molecule has 0 radical (unpaired) electrons. The molecule has 2 rings (SSSR count). The average Bonchev–Trinajstić information content (AvgIpc) is 3.23. The Morgan fingerprint density at radius 1 is 1.35 bits per heavy atom. The first-order valence-electron chi connectivity index (χ1n) is 7.42. The summed E-state index contributed by atoms with van der Waals surface area (Å²) in [7, 11) is 1.73. The minimum Gasteiger partial charge on any atom is -0.373 e. The monoisotopic (exact) mass is 341 g/mol. The van der Waals surface area contributed by atoms with Crippen molar-refractivity contribution in [3.8, 4) is 0 Å². The van der Waals surface area contributed by atoms with Gasteiger partial charge in [0.1, 0.15) is 11.9 Å². The molecule has 1 aromatic heterocycles. The zero-order valence-electron chi connectivity index (χ0n) is 12.7. The van der Waals surface area contributed by atoms with E-state index in [9.17, 15) is 0 Å². The molecule has 1 fully saturated rings. The normalized spacial score (nSPS) is 16.5. The zero-order chi connectivity index (χ0) is 14.7. The molecular formula is C15H24BrN3O. The molecule has 4 nitrogen and oxygen atoms in total. The van der Waals surface area contributed by atoms with Crippen molar-refractivity contribution in [2.45, 2.75) is 52.1 Å². The molecule has 1 saturated carbocycles. The summed E-state index contributed by atoms with van der Waals surface area (Å²) in [6, 6.07) is 0. The standard InChI is InChI=1S/C15H24BrN3O/c1-5-8-17-14-11(16)12(10-6-7-10)18-15(19-14)13(20-4)9(2)3/h9-10,13H,5-8H2,1-4H3,(H,17,18,19). The third-order valence-electron chi connectivity index (χ3n) is 3.51. The maximum atomic E-state index is 5.58. The van der Waals surface area contributed by atoms with Gasteiger partial charge in [-0.15, -0.1) is 0 Å². The van der Waals surface area contributed by atoms with Crippen LogP contribution in [-0.4, -0.2) is 23.6 Å². The lowest BCUT2D eigenvalue weighted by Gasteiger charge is -2.20. The van der Waals surface area contributed by atoms with Crippen LogP contribution in [0, 0.1) is 5.92 Å².